The molecule has 0 bridgehead atoms. The molecule has 9 aromatic rings. The average Bonchev–Trinajstić information content (AvgIpc) is 3.56. The van der Waals surface area contributed by atoms with E-state index in [1.807, 2.05) is 108 Å². The van der Waals surface area contributed by atoms with Gasteiger partial charge in [0, 0.05) is 27.5 Å². The van der Waals surface area contributed by atoms with Gasteiger partial charge in [0.1, 0.15) is 5.82 Å². The number of alkyl halides is 6. The molecule has 0 saturated heterocycles. The Morgan fingerprint density at radius 2 is 0.897 bits per heavy atom. The van der Waals surface area contributed by atoms with Crippen LogP contribution in [-0.4, -0.2) is 19.5 Å². The molecule has 0 aliphatic heterocycles. The van der Waals surface area contributed by atoms with Gasteiger partial charge in [-0.3, -0.25) is 0 Å². The highest BCUT2D eigenvalue weighted by molar-refractivity contribution is 6.10. The summed E-state index contributed by atoms with van der Waals surface area (Å²) in [6, 6.07) is 44.2. The van der Waals surface area contributed by atoms with Gasteiger partial charge >= 0.3 is 12.4 Å². The molecule has 7 aromatic carbocycles. The molecule has 58 heavy (non-hydrogen) atoms. The predicted molar refractivity (Wildman–Crippen MR) is 211 cm³/mol. The maximum absolute atomic E-state index is 14.6. The summed E-state index contributed by atoms with van der Waals surface area (Å²) in [6.07, 6.45) is -10.0. The number of hydrogen-bond acceptors (Lipinski definition) is 3. The van der Waals surface area contributed by atoms with Crippen molar-refractivity contribution < 1.29 is 30.7 Å². The number of para-hydroxylation sites is 1. The largest absolute Gasteiger partial charge is 0.416 e. The maximum atomic E-state index is 14.6. The lowest BCUT2D eigenvalue weighted by molar-refractivity contribution is -0.143. The van der Waals surface area contributed by atoms with Gasteiger partial charge in [0.05, 0.1) is 27.8 Å². The maximum Gasteiger partial charge on any atom is 0.416 e. The molecule has 0 atom stereocenters. The molecule has 0 spiro atoms. The molecule has 11 heteroatoms. The van der Waals surface area contributed by atoms with E-state index in [0.717, 1.165) is 28.6 Å². The molecule has 2 heterocycles. The smallest absolute Gasteiger partial charge is 0.308 e. The van der Waals surface area contributed by atoms with Crippen LogP contribution in [-0.2, 0) is 12.4 Å². The Kier molecular flexibility index (Phi) is 8.88. The Morgan fingerprint density at radius 3 is 1.52 bits per heavy atom. The molecular weight excluding hydrogens is 754 g/mol. The average molecular weight is 781 g/mol. The van der Waals surface area contributed by atoms with Crippen molar-refractivity contribution in [2.24, 2.45) is 0 Å². The minimum absolute atomic E-state index is 0.116. The van der Waals surface area contributed by atoms with Crippen molar-refractivity contribution >= 4 is 21.8 Å². The minimum Gasteiger partial charge on any atom is -0.308 e. The molecule has 0 unspecified atom stereocenters. The van der Waals surface area contributed by atoms with E-state index in [9.17, 15) is 30.7 Å². The third-order valence-electron chi connectivity index (χ3n) is 9.93. The highest BCUT2D eigenvalue weighted by atomic mass is 19.4. The number of aromatic nitrogens is 4. The lowest BCUT2D eigenvalue weighted by Crippen LogP contribution is -2.11. The molecule has 2 aromatic heterocycles. The monoisotopic (exact) mass is 780 g/mol. The summed E-state index contributed by atoms with van der Waals surface area (Å²) >= 11 is 0. The zero-order valence-corrected chi connectivity index (χ0v) is 30.0. The fourth-order valence-electron chi connectivity index (χ4n) is 7.21. The first-order valence-corrected chi connectivity index (χ1v) is 18.0. The van der Waals surface area contributed by atoms with Crippen molar-refractivity contribution in [3.05, 3.63) is 181 Å². The highest BCUT2D eigenvalue weighted by Crippen LogP contribution is 2.42. The van der Waals surface area contributed by atoms with E-state index >= 15 is 0 Å². The van der Waals surface area contributed by atoms with Crippen molar-refractivity contribution in [1.29, 1.82) is 0 Å². The lowest BCUT2D eigenvalue weighted by Gasteiger charge is -2.17. The van der Waals surface area contributed by atoms with Gasteiger partial charge in [0.2, 0.25) is 0 Å². The van der Waals surface area contributed by atoms with E-state index < -0.39 is 29.3 Å². The quantitative estimate of drug-likeness (QED) is 0.158. The number of halogens is 7. The van der Waals surface area contributed by atoms with Crippen LogP contribution >= 0.6 is 0 Å². The minimum atomic E-state index is -5.02. The second-order valence-corrected chi connectivity index (χ2v) is 13.7. The van der Waals surface area contributed by atoms with Crippen LogP contribution in [0.5, 0.6) is 0 Å². The molecule has 0 radical (unpaired) electrons. The molecule has 0 aliphatic rings. The summed E-state index contributed by atoms with van der Waals surface area (Å²) in [4.78, 5) is 14.8. The van der Waals surface area contributed by atoms with Gasteiger partial charge in [-0.1, -0.05) is 109 Å². The van der Waals surface area contributed by atoms with Crippen molar-refractivity contribution in [1.82, 2.24) is 19.5 Å². The molecule has 4 nitrogen and oxygen atoms in total. The van der Waals surface area contributed by atoms with Crippen LogP contribution in [0.3, 0.4) is 0 Å². The number of fused-ring (bicyclic) bond motifs is 3. The van der Waals surface area contributed by atoms with Gasteiger partial charge in [0.15, 0.2) is 17.5 Å². The van der Waals surface area contributed by atoms with E-state index in [-0.39, 0.29) is 17.2 Å². The van der Waals surface area contributed by atoms with Gasteiger partial charge < -0.3 is 4.57 Å². The van der Waals surface area contributed by atoms with Gasteiger partial charge in [-0.15, -0.1) is 0 Å². The first-order valence-electron chi connectivity index (χ1n) is 18.0. The molecule has 0 N–H and O–H groups in total. The van der Waals surface area contributed by atoms with Crippen LogP contribution in [0.1, 0.15) is 11.1 Å². The fourth-order valence-corrected chi connectivity index (χ4v) is 7.21. The number of nitrogens with zero attached hydrogens (tertiary/aromatic N) is 4. The topological polar surface area (TPSA) is 43.6 Å². The van der Waals surface area contributed by atoms with E-state index in [1.165, 1.54) is 18.2 Å². The second kappa shape index (κ2) is 14.1. The van der Waals surface area contributed by atoms with Crippen LogP contribution in [0.2, 0.25) is 0 Å². The SMILES string of the molecule is Fc1cccc(-c2ccc(-c3nc(-c4ccccc4)nc(-c4ccccc4)n3)c(-n3c4ccccc4c4ccc(-c5cc(C(F)(F)F)cc(C(F)(F)F)c5)cc43)c2)c1. The summed E-state index contributed by atoms with van der Waals surface area (Å²) in [5.74, 6) is 0.656. The Hall–Kier alpha value is -7.14. The van der Waals surface area contributed by atoms with Crippen LogP contribution in [0, 0.1) is 5.82 Å². The summed E-state index contributed by atoms with van der Waals surface area (Å²) in [6.45, 7) is 0. The molecule has 0 fully saturated rings. The van der Waals surface area contributed by atoms with Crippen LogP contribution in [0.4, 0.5) is 30.7 Å². The highest BCUT2D eigenvalue weighted by Gasteiger charge is 2.37. The third kappa shape index (κ3) is 6.85. The normalized spacial score (nSPS) is 12.1. The van der Waals surface area contributed by atoms with E-state index in [0.29, 0.717) is 56.3 Å². The van der Waals surface area contributed by atoms with Gasteiger partial charge in [-0.05, 0) is 76.9 Å². The molecule has 0 amide bonds. The van der Waals surface area contributed by atoms with Crippen molar-refractivity contribution in [3.8, 4) is 62.1 Å². The van der Waals surface area contributed by atoms with Crippen molar-refractivity contribution in [3.63, 3.8) is 0 Å². The summed E-state index contributed by atoms with van der Waals surface area (Å²) < 4.78 is 101. The fraction of sp³-hybridized carbons (Fsp3) is 0.0426. The molecular formula is C47H27F7N4. The molecule has 0 aliphatic carbocycles. The molecule has 284 valence electrons. The van der Waals surface area contributed by atoms with E-state index in [4.69, 9.17) is 15.0 Å². The number of benzene rings is 7. The Balaban J connectivity index is 1.35. The molecule has 9 rings (SSSR count). The lowest BCUT2D eigenvalue weighted by atomic mass is 9.98. The Morgan fingerprint density at radius 1 is 0.379 bits per heavy atom. The zero-order valence-electron chi connectivity index (χ0n) is 30.0. The second-order valence-electron chi connectivity index (χ2n) is 13.7. The molecule has 0 saturated carbocycles. The van der Waals surface area contributed by atoms with Gasteiger partial charge in [0.25, 0.3) is 0 Å². The Bertz CT molecular complexity index is 2900. The van der Waals surface area contributed by atoms with Gasteiger partial charge in [-0.25, -0.2) is 19.3 Å². The van der Waals surface area contributed by atoms with E-state index in [2.05, 4.69) is 0 Å². The van der Waals surface area contributed by atoms with E-state index in [1.54, 1.807) is 24.3 Å². The first kappa shape index (κ1) is 36.5. The Labute approximate surface area is 326 Å². The van der Waals surface area contributed by atoms with Crippen molar-refractivity contribution in [2.75, 3.05) is 0 Å². The first-order chi connectivity index (χ1) is 27.9. The summed E-state index contributed by atoms with van der Waals surface area (Å²) in [5, 5.41) is 1.46. The summed E-state index contributed by atoms with van der Waals surface area (Å²) in [7, 11) is 0. The summed E-state index contributed by atoms with van der Waals surface area (Å²) in [5.41, 5.74) is 1.96. The number of hydrogen-bond donors (Lipinski definition) is 0. The number of rotatable bonds is 6. The van der Waals surface area contributed by atoms with Crippen LogP contribution < -0.4 is 0 Å². The standard InChI is InChI=1S/C47H27F7N4/c48-36-15-9-14-30(24-36)31-19-21-39(45-56-43(28-10-3-1-4-11-28)55-44(57-45)29-12-5-2-6-13-29)42(25-31)58-40-17-8-7-16-37(40)38-20-18-32(26-41(38)58)33-22-34(46(49,50)51)27-35(23-33)47(52,53)54/h1-27H. The predicted octanol–water partition coefficient (Wildman–Crippen LogP) is 13.5. The van der Waals surface area contributed by atoms with Gasteiger partial charge in [-0.2, -0.15) is 26.3 Å². The van der Waals surface area contributed by atoms with Crippen molar-refractivity contribution in [2.45, 2.75) is 12.4 Å². The zero-order chi connectivity index (χ0) is 40.2. The third-order valence-corrected chi connectivity index (χ3v) is 9.93. The van der Waals surface area contributed by atoms with Crippen LogP contribution in [0.25, 0.3) is 83.9 Å². The van der Waals surface area contributed by atoms with Crippen LogP contribution in [0.15, 0.2) is 164 Å².